The summed E-state index contributed by atoms with van der Waals surface area (Å²) in [7, 11) is 0. The Bertz CT molecular complexity index is 301. The maximum absolute atomic E-state index is 11.4. The van der Waals surface area contributed by atoms with Gasteiger partial charge in [-0.2, -0.15) is 0 Å². The molecule has 3 nitrogen and oxygen atoms in total. The lowest BCUT2D eigenvalue weighted by Gasteiger charge is -2.16. The highest BCUT2D eigenvalue weighted by Crippen LogP contribution is 2.15. The lowest BCUT2D eigenvalue weighted by atomic mass is 9.97. The monoisotopic (exact) mass is 193 g/mol. The fourth-order valence-corrected chi connectivity index (χ4v) is 0.839. The van der Waals surface area contributed by atoms with Crippen LogP contribution < -0.4 is 0 Å². The van der Waals surface area contributed by atoms with E-state index in [1.807, 2.05) is 39.0 Å². The first-order valence-electron chi connectivity index (χ1n) is 4.57. The first-order valence-corrected chi connectivity index (χ1v) is 4.57. The van der Waals surface area contributed by atoms with Crippen molar-refractivity contribution in [2.45, 2.75) is 27.4 Å². The van der Waals surface area contributed by atoms with Crippen LogP contribution >= 0.6 is 0 Å². The average molecular weight is 193 g/mol. The van der Waals surface area contributed by atoms with Crippen LogP contribution in [-0.2, 0) is 16.1 Å². The fraction of sp³-hybridized carbons (Fsp3) is 0.455. The topological polar surface area (TPSA) is 39.2 Å². The zero-order chi connectivity index (χ0) is 10.6. The number of pyridine rings is 1. The third-order valence-corrected chi connectivity index (χ3v) is 1.69. The number of esters is 1. The van der Waals surface area contributed by atoms with Gasteiger partial charge in [0.1, 0.15) is 6.61 Å². The van der Waals surface area contributed by atoms with Gasteiger partial charge < -0.3 is 4.74 Å². The summed E-state index contributed by atoms with van der Waals surface area (Å²) in [5.74, 6) is -0.205. The summed E-state index contributed by atoms with van der Waals surface area (Å²) in [6.45, 7) is 5.73. The van der Waals surface area contributed by atoms with E-state index in [1.54, 1.807) is 6.20 Å². The van der Waals surface area contributed by atoms with E-state index >= 15 is 0 Å². The van der Waals surface area contributed by atoms with Crippen LogP contribution in [0.5, 0.6) is 0 Å². The minimum atomic E-state index is -0.450. The predicted molar refractivity (Wildman–Crippen MR) is 53.5 cm³/mol. The van der Waals surface area contributed by atoms with E-state index in [1.165, 1.54) is 0 Å². The van der Waals surface area contributed by atoms with Crippen LogP contribution in [0, 0.1) is 5.41 Å². The minimum Gasteiger partial charge on any atom is -0.459 e. The lowest BCUT2D eigenvalue weighted by molar-refractivity contribution is -0.154. The first-order chi connectivity index (χ1) is 6.50. The minimum absolute atomic E-state index is 0.205. The molecule has 0 unspecified atom stereocenters. The lowest BCUT2D eigenvalue weighted by Crippen LogP contribution is -2.22. The summed E-state index contributed by atoms with van der Waals surface area (Å²) in [4.78, 5) is 15.4. The van der Waals surface area contributed by atoms with Crippen molar-refractivity contribution in [1.82, 2.24) is 4.98 Å². The molecule has 0 saturated heterocycles. The Labute approximate surface area is 84.1 Å². The van der Waals surface area contributed by atoms with E-state index in [4.69, 9.17) is 4.74 Å². The maximum Gasteiger partial charge on any atom is 0.311 e. The van der Waals surface area contributed by atoms with Crippen LogP contribution in [0.4, 0.5) is 0 Å². The van der Waals surface area contributed by atoms with Gasteiger partial charge in [0.15, 0.2) is 0 Å². The number of hydrogen-bond donors (Lipinski definition) is 0. The largest absolute Gasteiger partial charge is 0.459 e. The Hall–Kier alpha value is -1.38. The number of rotatable bonds is 2. The van der Waals surface area contributed by atoms with E-state index in [2.05, 4.69) is 4.98 Å². The van der Waals surface area contributed by atoms with Crippen molar-refractivity contribution >= 4 is 5.97 Å². The number of aromatic nitrogens is 1. The number of ether oxygens (including phenoxy) is 1. The molecule has 1 heterocycles. The van der Waals surface area contributed by atoms with Gasteiger partial charge in [-0.3, -0.25) is 9.78 Å². The molecule has 0 N–H and O–H groups in total. The molecule has 0 atom stereocenters. The molecule has 3 heteroatoms. The smallest absolute Gasteiger partial charge is 0.311 e. The number of nitrogens with zero attached hydrogens (tertiary/aromatic N) is 1. The summed E-state index contributed by atoms with van der Waals surface area (Å²) < 4.78 is 5.09. The van der Waals surface area contributed by atoms with Crippen molar-refractivity contribution in [1.29, 1.82) is 0 Å². The van der Waals surface area contributed by atoms with Gasteiger partial charge in [-0.05, 0) is 32.9 Å². The van der Waals surface area contributed by atoms with Crippen molar-refractivity contribution in [3.8, 4) is 0 Å². The SMILES string of the molecule is CC(C)(C)C(=O)OCc1ccccn1. The molecule has 0 aliphatic carbocycles. The van der Waals surface area contributed by atoms with Gasteiger partial charge in [0.05, 0.1) is 11.1 Å². The second-order valence-corrected chi connectivity index (χ2v) is 4.15. The standard InChI is InChI=1S/C11H15NO2/c1-11(2,3)10(13)14-8-9-6-4-5-7-12-9/h4-7H,8H2,1-3H3. The third kappa shape index (κ3) is 3.17. The Morgan fingerprint density at radius 2 is 2.14 bits per heavy atom. The van der Waals surface area contributed by atoms with Gasteiger partial charge in [-0.25, -0.2) is 0 Å². The second-order valence-electron chi connectivity index (χ2n) is 4.15. The maximum atomic E-state index is 11.4. The molecule has 0 aliphatic heterocycles. The van der Waals surface area contributed by atoms with Crippen LogP contribution in [0.15, 0.2) is 24.4 Å². The van der Waals surface area contributed by atoms with Gasteiger partial charge in [-0.1, -0.05) is 6.07 Å². The van der Waals surface area contributed by atoms with E-state index < -0.39 is 5.41 Å². The zero-order valence-corrected chi connectivity index (χ0v) is 8.78. The molecule has 0 saturated carbocycles. The quantitative estimate of drug-likeness (QED) is 0.676. The Morgan fingerprint density at radius 3 is 2.64 bits per heavy atom. The van der Waals surface area contributed by atoms with Crippen LogP contribution in [0.2, 0.25) is 0 Å². The fourth-order valence-electron chi connectivity index (χ4n) is 0.839. The van der Waals surface area contributed by atoms with Gasteiger partial charge >= 0.3 is 5.97 Å². The summed E-state index contributed by atoms with van der Waals surface area (Å²) in [6.07, 6.45) is 1.68. The van der Waals surface area contributed by atoms with E-state index in [9.17, 15) is 4.79 Å². The van der Waals surface area contributed by atoms with E-state index in [0.717, 1.165) is 5.69 Å². The van der Waals surface area contributed by atoms with E-state index in [-0.39, 0.29) is 12.6 Å². The molecular formula is C11H15NO2. The molecule has 0 radical (unpaired) electrons. The first kappa shape index (κ1) is 10.7. The van der Waals surface area contributed by atoms with Crippen molar-refractivity contribution in [2.75, 3.05) is 0 Å². The van der Waals surface area contributed by atoms with Gasteiger partial charge in [0.25, 0.3) is 0 Å². The number of carbonyl (C=O) groups is 1. The van der Waals surface area contributed by atoms with Crippen molar-refractivity contribution in [3.63, 3.8) is 0 Å². The highest BCUT2D eigenvalue weighted by molar-refractivity contribution is 5.75. The predicted octanol–water partition coefficient (Wildman–Crippen LogP) is 2.17. The summed E-state index contributed by atoms with van der Waals surface area (Å²) in [5.41, 5.74) is 0.319. The van der Waals surface area contributed by atoms with Crippen molar-refractivity contribution < 1.29 is 9.53 Å². The average Bonchev–Trinajstić information content (AvgIpc) is 2.14. The molecule has 0 bridgehead atoms. The molecule has 1 aromatic rings. The second kappa shape index (κ2) is 4.22. The normalized spacial score (nSPS) is 11.1. The highest BCUT2D eigenvalue weighted by Gasteiger charge is 2.22. The molecule has 1 aromatic heterocycles. The molecule has 76 valence electrons. The third-order valence-electron chi connectivity index (χ3n) is 1.69. The van der Waals surface area contributed by atoms with Gasteiger partial charge in [0, 0.05) is 6.20 Å². The molecule has 14 heavy (non-hydrogen) atoms. The summed E-state index contributed by atoms with van der Waals surface area (Å²) in [5, 5.41) is 0. The van der Waals surface area contributed by atoms with Gasteiger partial charge in [0.2, 0.25) is 0 Å². The number of carbonyl (C=O) groups excluding carboxylic acids is 1. The molecule has 0 aromatic carbocycles. The van der Waals surface area contributed by atoms with Crippen LogP contribution in [0.1, 0.15) is 26.5 Å². The summed E-state index contributed by atoms with van der Waals surface area (Å²) in [6, 6.07) is 5.53. The summed E-state index contributed by atoms with van der Waals surface area (Å²) >= 11 is 0. The molecule has 0 aliphatic rings. The van der Waals surface area contributed by atoms with Crippen LogP contribution in [0.25, 0.3) is 0 Å². The van der Waals surface area contributed by atoms with Gasteiger partial charge in [-0.15, -0.1) is 0 Å². The number of hydrogen-bond acceptors (Lipinski definition) is 3. The molecule has 0 spiro atoms. The Kier molecular flexibility index (Phi) is 3.23. The molecule has 1 rings (SSSR count). The Balaban J connectivity index is 2.46. The Morgan fingerprint density at radius 1 is 1.43 bits per heavy atom. The van der Waals surface area contributed by atoms with E-state index in [0.29, 0.717) is 0 Å². The molecular weight excluding hydrogens is 178 g/mol. The highest BCUT2D eigenvalue weighted by atomic mass is 16.5. The van der Waals surface area contributed by atoms with Crippen LogP contribution in [-0.4, -0.2) is 11.0 Å². The molecule has 0 fully saturated rings. The van der Waals surface area contributed by atoms with Crippen molar-refractivity contribution in [2.24, 2.45) is 5.41 Å². The van der Waals surface area contributed by atoms with Crippen LogP contribution in [0.3, 0.4) is 0 Å². The van der Waals surface area contributed by atoms with Crippen molar-refractivity contribution in [3.05, 3.63) is 30.1 Å². The molecule has 0 amide bonds. The zero-order valence-electron chi connectivity index (χ0n) is 8.78.